The molecule has 1 saturated heterocycles. The van der Waals surface area contributed by atoms with Crippen LogP contribution in [0.25, 0.3) is 0 Å². The Kier molecular flexibility index (Phi) is 9.34. The van der Waals surface area contributed by atoms with Gasteiger partial charge in [0.2, 0.25) is 0 Å². The Labute approximate surface area is 205 Å². The zero-order chi connectivity index (χ0) is 24.7. The van der Waals surface area contributed by atoms with Crippen molar-refractivity contribution >= 4 is 33.7 Å². The number of halogens is 1. The third-order valence-electron chi connectivity index (χ3n) is 5.57. The number of imide groups is 1. The predicted molar refractivity (Wildman–Crippen MR) is 122 cm³/mol. The van der Waals surface area contributed by atoms with E-state index < -0.39 is 41.8 Å². The van der Waals surface area contributed by atoms with Crippen LogP contribution >= 0.6 is 15.9 Å². The summed E-state index contributed by atoms with van der Waals surface area (Å²) in [7, 11) is 1.22. The smallest absolute Gasteiger partial charge is 0.417 e. The summed E-state index contributed by atoms with van der Waals surface area (Å²) in [6.07, 6.45) is -1.87. The van der Waals surface area contributed by atoms with Gasteiger partial charge in [-0.25, -0.2) is 9.69 Å². The first-order valence-electron chi connectivity index (χ1n) is 10.9. The van der Waals surface area contributed by atoms with Crippen LogP contribution in [0.15, 0.2) is 40.9 Å². The van der Waals surface area contributed by atoms with E-state index in [4.69, 9.17) is 24.1 Å². The number of ketones is 1. The van der Waals surface area contributed by atoms with Crippen molar-refractivity contribution in [3.8, 4) is 0 Å². The van der Waals surface area contributed by atoms with Crippen LogP contribution < -0.4 is 0 Å². The number of carbonyl (C=O) groups excluding carboxylic acids is 3. The summed E-state index contributed by atoms with van der Waals surface area (Å²) in [5.41, 5.74) is 0.909. The molecule has 11 heteroatoms. The Morgan fingerprint density at radius 1 is 1.29 bits per heavy atom. The first-order chi connectivity index (χ1) is 16.3. The van der Waals surface area contributed by atoms with Gasteiger partial charge in [0.05, 0.1) is 23.7 Å². The zero-order valence-corrected chi connectivity index (χ0v) is 20.3. The molecule has 4 atom stereocenters. The summed E-state index contributed by atoms with van der Waals surface area (Å²) in [5.74, 6) is -3.28. The molecule has 2 N–H and O–H groups in total. The molecule has 0 radical (unpaired) electrons. The van der Waals surface area contributed by atoms with Crippen LogP contribution in [-0.2, 0) is 35.0 Å². The van der Waals surface area contributed by atoms with Crippen molar-refractivity contribution in [2.24, 2.45) is 0 Å². The number of cyclic esters (lactones) is 1. The average Bonchev–Trinajstić information content (AvgIpc) is 3.18. The Bertz CT molecular complexity index is 909. The summed E-state index contributed by atoms with van der Waals surface area (Å²) in [6.45, 7) is 0.299. The molecule has 0 bridgehead atoms. The highest BCUT2D eigenvalue weighted by Gasteiger charge is 2.50. The molecule has 2 amide bonds. The van der Waals surface area contributed by atoms with Crippen LogP contribution in [0, 0.1) is 0 Å². The quantitative estimate of drug-likeness (QED) is 0.398. The van der Waals surface area contributed by atoms with Crippen molar-refractivity contribution in [3.05, 3.63) is 46.5 Å². The van der Waals surface area contributed by atoms with E-state index in [-0.39, 0.29) is 37.3 Å². The summed E-state index contributed by atoms with van der Waals surface area (Å²) in [4.78, 5) is 39.4. The molecule has 2 aliphatic rings. The lowest BCUT2D eigenvalue weighted by Crippen LogP contribution is -2.56. The number of carbonyl (C=O) groups is 3. The predicted octanol–water partition coefficient (Wildman–Crippen LogP) is 1.32. The van der Waals surface area contributed by atoms with E-state index in [2.05, 4.69) is 15.9 Å². The summed E-state index contributed by atoms with van der Waals surface area (Å²) < 4.78 is 21.4. The molecular formula is C23H28BrNO9. The fraction of sp³-hybridized carbons (Fsp3) is 0.522. The highest BCUT2D eigenvalue weighted by atomic mass is 79.9. The highest BCUT2D eigenvalue weighted by Crippen LogP contribution is 2.36. The first-order valence-corrected chi connectivity index (χ1v) is 11.7. The fourth-order valence-electron chi connectivity index (χ4n) is 3.87. The largest absolute Gasteiger partial charge is 0.447 e. The zero-order valence-electron chi connectivity index (χ0n) is 18.7. The third-order valence-corrected chi connectivity index (χ3v) is 6.42. The van der Waals surface area contributed by atoms with Crippen molar-refractivity contribution in [1.29, 1.82) is 0 Å². The molecule has 1 fully saturated rings. The molecule has 0 spiro atoms. The van der Waals surface area contributed by atoms with Crippen LogP contribution in [0.2, 0.25) is 0 Å². The lowest BCUT2D eigenvalue weighted by atomic mass is 9.99. The van der Waals surface area contributed by atoms with Crippen molar-refractivity contribution in [3.63, 3.8) is 0 Å². The molecule has 2 aliphatic heterocycles. The van der Waals surface area contributed by atoms with Gasteiger partial charge in [-0.15, -0.1) is 0 Å². The van der Waals surface area contributed by atoms with Gasteiger partial charge in [-0.05, 0) is 40.4 Å². The van der Waals surface area contributed by atoms with Crippen LogP contribution in [-0.4, -0.2) is 90.5 Å². The molecule has 2 heterocycles. The minimum Gasteiger partial charge on any atom is -0.447 e. The third kappa shape index (κ3) is 6.09. The number of amides is 2. The maximum atomic E-state index is 13.4. The minimum absolute atomic E-state index is 0.0125. The lowest BCUT2D eigenvalue weighted by Gasteiger charge is -2.38. The number of hydrogen-bond acceptors (Lipinski definition) is 9. The average molecular weight is 542 g/mol. The second-order valence-electron chi connectivity index (χ2n) is 7.94. The number of methoxy groups -OCH3 is 1. The summed E-state index contributed by atoms with van der Waals surface area (Å²) in [6, 6.07) is 8.74. The van der Waals surface area contributed by atoms with Crippen molar-refractivity contribution < 1.29 is 43.5 Å². The van der Waals surface area contributed by atoms with Crippen molar-refractivity contribution in [2.75, 3.05) is 33.5 Å². The van der Waals surface area contributed by atoms with Crippen LogP contribution in [0.3, 0.4) is 0 Å². The number of rotatable bonds is 11. The van der Waals surface area contributed by atoms with Gasteiger partial charge in [0, 0.05) is 20.1 Å². The number of benzene rings is 1. The van der Waals surface area contributed by atoms with E-state index in [1.807, 2.05) is 30.3 Å². The number of aliphatic hydroxyl groups excluding tert-OH is 1. The van der Waals surface area contributed by atoms with Gasteiger partial charge in [-0.2, -0.15) is 0 Å². The molecule has 0 saturated carbocycles. The van der Waals surface area contributed by atoms with Gasteiger partial charge in [-0.3, -0.25) is 9.59 Å². The van der Waals surface area contributed by atoms with E-state index in [1.54, 1.807) is 0 Å². The molecule has 0 aliphatic carbocycles. The maximum absolute atomic E-state index is 13.4. The molecule has 0 unspecified atom stereocenters. The normalized spacial score (nSPS) is 25.8. The molecule has 0 aromatic heterocycles. The Balaban J connectivity index is 1.75. The van der Waals surface area contributed by atoms with E-state index in [9.17, 15) is 19.5 Å². The number of aliphatic hydroxyl groups is 2. The number of hydrogen-bond donors (Lipinski definition) is 2. The Morgan fingerprint density at radius 3 is 2.71 bits per heavy atom. The summed E-state index contributed by atoms with van der Waals surface area (Å²) >= 11 is 3.17. The Morgan fingerprint density at radius 2 is 2.03 bits per heavy atom. The Hall–Kier alpha value is -2.15. The van der Waals surface area contributed by atoms with Gasteiger partial charge in [0.25, 0.3) is 5.91 Å². The van der Waals surface area contributed by atoms with Crippen molar-refractivity contribution in [2.45, 2.75) is 43.3 Å². The lowest BCUT2D eigenvalue weighted by molar-refractivity contribution is -0.227. The standard InChI is InChI=1S/C23H28BrNO9/c1-31-20(19-17(27)13-18(24)23(30,34-19)8-5-10-32-11-9-26)21(28)25-16(14-33-22(25)29)12-15-6-3-2-4-7-15/h2-4,6-7,13,16,19-20,26,30H,5,8-12,14H2,1H3/t16-,19-,20-,23+/m1/s1. The van der Waals surface area contributed by atoms with E-state index in [0.29, 0.717) is 12.8 Å². The van der Waals surface area contributed by atoms with E-state index in [1.165, 1.54) is 7.11 Å². The molecule has 1 aromatic carbocycles. The van der Waals surface area contributed by atoms with Gasteiger partial charge < -0.3 is 29.2 Å². The van der Waals surface area contributed by atoms with E-state index >= 15 is 0 Å². The maximum Gasteiger partial charge on any atom is 0.417 e. The van der Waals surface area contributed by atoms with E-state index in [0.717, 1.165) is 16.5 Å². The first kappa shape index (κ1) is 26.5. The monoisotopic (exact) mass is 541 g/mol. The van der Waals surface area contributed by atoms with Crippen LogP contribution in [0.1, 0.15) is 18.4 Å². The van der Waals surface area contributed by atoms with Crippen molar-refractivity contribution in [1.82, 2.24) is 4.90 Å². The second kappa shape index (κ2) is 12.0. The molecule has 34 heavy (non-hydrogen) atoms. The molecule has 1 aromatic rings. The van der Waals surface area contributed by atoms with Crippen LogP contribution in [0.4, 0.5) is 4.79 Å². The molecule has 10 nitrogen and oxygen atoms in total. The number of nitrogens with zero attached hydrogens (tertiary/aromatic N) is 1. The fourth-order valence-corrected chi connectivity index (χ4v) is 4.39. The van der Waals surface area contributed by atoms with Crippen LogP contribution in [0.5, 0.6) is 0 Å². The molecular weight excluding hydrogens is 514 g/mol. The van der Waals surface area contributed by atoms with Gasteiger partial charge in [0.15, 0.2) is 23.8 Å². The minimum atomic E-state index is -1.90. The van der Waals surface area contributed by atoms with Gasteiger partial charge in [-0.1, -0.05) is 30.3 Å². The second-order valence-corrected chi connectivity index (χ2v) is 8.80. The number of ether oxygens (including phenoxy) is 4. The van der Waals surface area contributed by atoms with Gasteiger partial charge >= 0.3 is 6.09 Å². The molecule has 3 rings (SSSR count). The SMILES string of the molecule is CO[C@@H](C(=O)N1C(=O)OC[C@H]1Cc1ccccc1)[C@@H]1O[C@@](O)(CCCOCCO)C(Br)=CC1=O. The summed E-state index contributed by atoms with van der Waals surface area (Å²) in [5, 5.41) is 19.8. The highest BCUT2D eigenvalue weighted by molar-refractivity contribution is 9.11. The topological polar surface area (TPSA) is 132 Å². The molecule has 186 valence electrons. The van der Waals surface area contributed by atoms with Gasteiger partial charge in [0.1, 0.15) is 6.61 Å².